The number of sulfonamides is 1. The molecule has 0 heterocycles. The number of nitrogens with zero attached hydrogens (tertiary/aromatic N) is 3. The predicted octanol–water partition coefficient (Wildman–Crippen LogP) is 5.19. The summed E-state index contributed by atoms with van der Waals surface area (Å²) in [5.41, 5.74) is 1.04. The molecule has 0 fully saturated rings. The number of nitro groups is 1. The van der Waals surface area contributed by atoms with Gasteiger partial charge in [-0.3, -0.25) is 10.1 Å². The van der Waals surface area contributed by atoms with Gasteiger partial charge in [-0.15, -0.1) is 0 Å². The molecule has 0 bridgehead atoms. The van der Waals surface area contributed by atoms with Crippen molar-refractivity contribution in [3.63, 3.8) is 0 Å². The molecule has 2 unspecified atom stereocenters. The number of aliphatic hydroxyl groups excluding tert-OH is 1. The molecule has 2 atom stereocenters. The van der Waals surface area contributed by atoms with Gasteiger partial charge in [-0.1, -0.05) is 38.1 Å². The van der Waals surface area contributed by atoms with Crippen LogP contribution in [0.3, 0.4) is 0 Å². The third kappa shape index (κ3) is 10.8. The van der Waals surface area contributed by atoms with Crippen LogP contribution in [-0.2, 0) is 27.8 Å². The SMILES string of the molecule is CC(C)CN(CC(O)C(Cc1ccc(OCc2cccc(C#N)c2)cc1)NC(=O)OC(C)(C)C)S(=O)(=O)c1ccc([N+](=O)[O-])cc1. The van der Waals surface area contributed by atoms with Gasteiger partial charge in [0, 0.05) is 25.2 Å². The molecule has 3 aromatic carbocycles. The number of nitriles is 1. The van der Waals surface area contributed by atoms with Crippen molar-refractivity contribution >= 4 is 21.8 Å². The molecular formula is C33H40N4O8S. The minimum Gasteiger partial charge on any atom is -0.489 e. The standard InChI is InChI=1S/C33H40N4O8S/c1-23(2)20-36(46(42,43)29-15-11-27(12-16-29)37(40)41)21-31(38)30(35-32(39)45-33(3,4)5)18-24-9-13-28(14-10-24)44-22-26-8-6-7-25(17-26)19-34/h6-17,23,30-31,38H,18,20-22H2,1-5H3,(H,35,39). The lowest BCUT2D eigenvalue weighted by atomic mass is 10.0. The number of non-ortho nitro benzene ring substituents is 1. The van der Waals surface area contributed by atoms with Crippen LogP contribution < -0.4 is 10.1 Å². The second-order valence-corrected chi connectivity index (χ2v) is 14.2. The van der Waals surface area contributed by atoms with Crippen molar-refractivity contribution in [3.05, 3.63) is 99.6 Å². The molecule has 12 nitrogen and oxygen atoms in total. The number of hydrogen-bond acceptors (Lipinski definition) is 9. The lowest BCUT2D eigenvalue weighted by Gasteiger charge is -2.31. The first-order valence-electron chi connectivity index (χ1n) is 14.7. The quantitative estimate of drug-likeness (QED) is 0.176. The van der Waals surface area contributed by atoms with E-state index in [-0.39, 0.29) is 42.6 Å². The second kappa shape index (κ2) is 15.7. The van der Waals surface area contributed by atoms with E-state index < -0.39 is 38.8 Å². The van der Waals surface area contributed by atoms with Gasteiger partial charge in [0.1, 0.15) is 18.0 Å². The van der Waals surface area contributed by atoms with Gasteiger partial charge in [-0.05, 0) is 80.6 Å². The third-order valence-electron chi connectivity index (χ3n) is 6.65. The van der Waals surface area contributed by atoms with Crippen molar-refractivity contribution in [2.75, 3.05) is 13.1 Å². The zero-order valence-corrected chi connectivity index (χ0v) is 27.4. The Labute approximate surface area is 269 Å². The Morgan fingerprint density at radius 3 is 2.26 bits per heavy atom. The Kier molecular flexibility index (Phi) is 12.2. The van der Waals surface area contributed by atoms with Gasteiger partial charge in [0.15, 0.2) is 0 Å². The van der Waals surface area contributed by atoms with Crippen LogP contribution in [0.5, 0.6) is 5.75 Å². The van der Waals surface area contributed by atoms with Crippen LogP contribution in [0, 0.1) is 27.4 Å². The van der Waals surface area contributed by atoms with E-state index in [2.05, 4.69) is 11.4 Å². The lowest BCUT2D eigenvalue weighted by Crippen LogP contribution is -2.51. The average molecular weight is 653 g/mol. The Balaban J connectivity index is 1.81. The summed E-state index contributed by atoms with van der Waals surface area (Å²) in [5, 5.41) is 34.3. The number of nitrogens with one attached hydrogen (secondary N) is 1. The lowest BCUT2D eigenvalue weighted by molar-refractivity contribution is -0.384. The summed E-state index contributed by atoms with van der Waals surface area (Å²) in [7, 11) is -4.16. The molecule has 3 rings (SSSR count). The first-order chi connectivity index (χ1) is 21.6. The van der Waals surface area contributed by atoms with E-state index in [9.17, 15) is 28.4 Å². The number of hydrogen-bond donors (Lipinski definition) is 2. The van der Waals surface area contributed by atoms with Gasteiger partial charge < -0.3 is 19.9 Å². The fourth-order valence-corrected chi connectivity index (χ4v) is 6.14. The molecule has 0 saturated heterocycles. The van der Waals surface area contributed by atoms with Crippen LogP contribution in [0.15, 0.2) is 77.7 Å². The van der Waals surface area contributed by atoms with E-state index in [1.807, 2.05) is 19.9 Å². The summed E-state index contributed by atoms with van der Waals surface area (Å²) in [4.78, 5) is 23.1. The maximum atomic E-state index is 13.6. The molecular weight excluding hydrogens is 612 g/mol. The van der Waals surface area contributed by atoms with E-state index in [1.165, 1.54) is 0 Å². The molecule has 0 aliphatic rings. The Bertz CT molecular complexity index is 1630. The van der Waals surface area contributed by atoms with Gasteiger partial charge in [0.2, 0.25) is 10.0 Å². The van der Waals surface area contributed by atoms with E-state index in [1.54, 1.807) is 63.2 Å². The van der Waals surface area contributed by atoms with Crippen molar-refractivity contribution in [2.24, 2.45) is 5.92 Å². The molecule has 3 aromatic rings. The van der Waals surface area contributed by atoms with Gasteiger partial charge in [-0.25, -0.2) is 13.2 Å². The van der Waals surface area contributed by atoms with Crippen LogP contribution in [0.1, 0.15) is 51.3 Å². The Morgan fingerprint density at radius 2 is 1.70 bits per heavy atom. The van der Waals surface area contributed by atoms with Gasteiger partial charge in [-0.2, -0.15) is 9.57 Å². The van der Waals surface area contributed by atoms with Crippen LogP contribution in [0.2, 0.25) is 0 Å². The number of alkyl carbamates (subject to hydrolysis) is 1. The Morgan fingerprint density at radius 1 is 1.04 bits per heavy atom. The summed E-state index contributed by atoms with van der Waals surface area (Å²) >= 11 is 0. The summed E-state index contributed by atoms with van der Waals surface area (Å²) in [6, 6.07) is 19.8. The highest BCUT2D eigenvalue weighted by atomic mass is 32.2. The number of nitro benzene ring substituents is 1. The minimum atomic E-state index is -4.16. The monoisotopic (exact) mass is 652 g/mol. The van der Waals surface area contributed by atoms with Crippen molar-refractivity contribution in [1.82, 2.24) is 9.62 Å². The largest absolute Gasteiger partial charge is 0.489 e. The molecule has 1 amide bonds. The van der Waals surface area contributed by atoms with Crippen molar-refractivity contribution in [3.8, 4) is 11.8 Å². The number of rotatable bonds is 14. The number of aliphatic hydroxyl groups is 1. The smallest absolute Gasteiger partial charge is 0.407 e. The van der Waals surface area contributed by atoms with E-state index >= 15 is 0 Å². The van der Waals surface area contributed by atoms with Gasteiger partial charge >= 0.3 is 6.09 Å². The molecule has 0 aliphatic heterocycles. The third-order valence-corrected chi connectivity index (χ3v) is 8.50. The highest BCUT2D eigenvalue weighted by Crippen LogP contribution is 2.23. The minimum absolute atomic E-state index is 0.0544. The molecule has 0 saturated carbocycles. The summed E-state index contributed by atoms with van der Waals surface area (Å²) in [6.07, 6.45) is -2.00. The maximum absolute atomic E-state index is 13.6. The molecule has 0 spiro atoms. The van der Waals surface area contributed by atoms with E-state index in [0.29, 0.717) is 11.3 Å². The van der Waals surface area contributed by atoms with Crippen LogP contribution in [0.25, 0.3) is 0 Å². The maximum Gasteiger partial charge on any atom is 0.407 e. The Hall–Kier alpha value is -4.51. The molecule has 0 aromatic heterocycles. The van der Waals surface area contributed by atoms with E-state index in [0.717, 1.165) is 39.7 Å². The summed E-state index contributed by atoms with van der Waals surface area (Å²) in [6.45, 7) is 8.71. The number of carbonyl (C=O) groups excluding carboxylic acids is 1. The fourth-order valence-electron chi connectivity index (χ4n) is 4.52. The summed E-state index contributed by atoms with van der Waals surface area (Å²) in [5.74, 6) is 0.452. The average Bonchev–Trinajstić information content (AvgIpc) is 2.99. The molecule has 46 heavy (non-hydrogen) atoms. The number of ether oxygens (including phenoxy) is 2. The van der Waals surface area contributed by atoms with Gasteiger partial charge in [0.25, 0.3) is 5.69 Å². The van der Waals surface area contributed by atoms with Crippen molar-refractivity contribution < 1.29 is 32.7 Å². The van der Waals surface area contributed by atoms with Crippen LogP contribution in [0.4, 0.5) is 10.5 Å². The first-order valence-corrected chi connectivity index (χ1v) is 16.1. The first kappa shape index (κ1) is 36.0. The molecule has 13 heteroatoms. The summed E-state index contributed by atoms with van der Waals surface area (Å²) < 4.78 is 39.6. The number of carbonyl (C=O) groups is 1. The highest BCUT2D eigenvalue weighted by Gasteiger charge is 2.32. The molecule has 0 aliphatic carbocycles. The van der Waals surface area contributed by atoms with E-state index in [4.69, 9.17) is 14.7 Å². The van der Waals surface area contributed by atoms with Gasteiger partial charge in [0.05, 0.1) is 33.6 Å². The second-order valence-electron chi connectivity index (χ2n) is 12.2. The van der Waals surface area contributed by atoms with Crippen molar-refractivity contribution in [1.29, 1.82) is 5.26 Å². The predicted molar refractivity (Wildman–Crippen MR) is 171 cm³/mol. The number of amides is 1. The fraction of sp³-hybridized carbons (Fsp3) is 0.394. The zero-order chi connectivity index (χ0) is 34.1. The van der Waals surface area contributed by atoms with Crippen molar-refractivity contribution in [2.45, 2.75) is 70.3 Å². The zero-order valence-electron chi connectivity index (χ0n) is 26.5. The molecule has 2 N–H and O–H groups in total. The normalized spacial score (nSPS) is 13.1. The topological polar surface area (TPSA) is 172 Å². The highest BCUT2D eigenvalue weighted by molar-refractivity contribution is 7.89. The molecule has 0 radical (unpaired) electrons. The van der Waals surface area contributed by atoms with Crippen LogP contribution in [-0.4, -0.2) is 59.7 Å². The van der Waals surface area contributed by atoms with Crippen LogP contribution >= 0.6 is 0 Å². The number of benzene rings is 3. The molecule has 246 valence electrons.